The van der Waals surface area contributed by atoms with E-state index in [1.165, 1.54) is 24.1 Å². The monoisotopic (exact) mass is 276 g/mol. The number of hydrogen-bond acceptors (Lipinski definition) is 3. The zero-order valence-electron chi connectivity index (χ0n) is 12.8. The van der Waals surface area contributed by atoms with E-state index >= 15 is 0 Å². The van der Waals surface area contributed by atoms with E-state index in [4.69, 9.17) is 10.5 Å². The first-order chi connectivity index (χ1) is 9.69. The molecule has 1 aromatic rings. The van der Waals surface area contributed by atoms with Crippen molar-refractivity contribution in [3.8, 4) is 0 Å². The van der Waals surface area contributed by atoms with E-state index in [1.807, 2.05) is 0 Å². The van der Waals surface area contributed by atoms with Crippen LogP contribution in [-0.2, 0) is 11.2 Å². The van der Waals surface area contributed by atoms with Gasteiger partial charge in [0.1, 0.15) is 0 Å². The first kappa shape index (κ1) is 15.3. The Morgan fingerprint density at radius 3 is 2.50 bits per heavy atom. The SMILES string of the molecule is CCC(N)Cc1ccc(N(C)CC2CCOCC2)cc1. The van der Waals surface area contributed by atoms with Gasteiger partial charge in [-0.2, -0.15) is 0 Å². The summed E-state index contributed by atoms with van der Waals surface area (Å²) in [6, 6.07) is 9.14. The molecule has 1 aliphatic heterocycles. The van der Waals surface area contributed by atoms with Crippen molar-refractivity contribution in [2.24, 2.45) is 11.7 Å². The van der Waals surface area contributed by atoms with Gasteiger partial charge in [0.05, 0.1) is 0 Å². The van der Waals surface area contributed by atoms with Gasteiger partial charge in [-0.3, -0.25) is 0 Å². The lowest BCUT2D eigenvalue weighted by atomic mass is 9.99. The van der Waals surface area contributed by atoms with E-state index in [-0.39, 0.29) is 6.04 Å². The molecule has 1 atom stereocenters. The largest absolute Gasteiger partial charge is 0.381 e. The molecule has 0 aromatic heterocycles. The summed E-state index contributed by atoms with van der Waals surface area (Å²) >= 11 is 0. The Hall–Kier alpha value is -1.06. The fraction of sp³-hybridized carbons (Fsp3) is 0.647. The minimum absolute atomic E-state index is 0.279. The maximum atomic E-state index is 6.00. The van der Waals surface area contributed by atoms with E-state index in [0.717, 1.165) is 38.5 Å². The van der Waals surface area contributed by atoms with Crippen LogP contribution in [0, 0.1) is 5.92 Å². The van der Waals surface area contributed by atoms with Crippen molar-refractivity contribution in [1.29, 1.82) is 0 Å². The highest BCUT2D eigenvalue weighted by Gasteiger charge is 2.16. The van der Waals surface area contributed by atoms with Gasteiger partial charge in [-0.15, -0.1) is 0 Å². The molecule has 112 valence electrons. The average Bonchev–Trinajstić information content (AvgIpc) is 2.49. The van der Waals surface area contributed by atoms with Crippen LogP contribution in [0.4, 0.5) is 5.69 Å². The Balaban J connectivity index is 1.87. The Bertz CT molecular complexity index is 384. The third-order valence-corrected chi connectivity index (χ3v) is 4.27. The lowest BCUT2D eigenvalue weighted by Gasteiger charge is -2.28. The summed E-state index contributed by atoms with van der Waals surface area (Å²) in [6.07, 6.45) is 4.38. The van der Waals surface area contributed by atoms with Crippen LogP contribution < -0.4 is 10.6 Å². The van der Waals surface area contributed by atoms with Crippen molar-refractivity contribution in [2.75, 3.05) is 31.7 Å². The second-order valence-corrected chi connectivity index (χ2v) is 5.98. The van der Waals surface area contributed by atoms with Crippen molar-refractivity contribution < 1.29 is 4.74 Å². The number of hydrogen-bond donors (Lipinski definition) is 1. The normalized spacial score (nSPS) is 17.9. The summed E-state index contributed by atoms with van der Waals surface area (Å²) in [5.74, 6) is 0.766. The van der Waals surface area contributed by atoms with E-state index < -0.39 is 0 Å². The molecule has 0 bridgehead atoms. The Labute approximate surface area is 123 Å². The van der Waals surface area contributed by atoms with Gasteiger partial charge in [0, 0.05) is 38.5 Å². The van der Waals surface area contributed by atoms with Gasteiger partial charge in [-0.05, 0) is 49.3 Å². The molecule has 1 saturated heterocycles. The van der Waals surface area contributed by atoms with Crippen LogP contribution in [0.25, 0.3) is 0 Å². The second kappa shape index (κ2) is 7.65. The Kier molecular flexibility index (Phi) is 5.86. The molecule has 0 radical (unpaired) electrons. The van der Waals surface area contributed by atoms with E-state index in [9.17, 15) is 0 Å². The molecule has 20 heavy (non-hydrogen) atoms. The highest BCUT2D eigenvalue weighted by molar-refractivity contribution is 5.47. The molecule has 1 unspecified atom stereocenters. The number of rotatable bonds is 6. The fourth-order valence-electron chi connectivity index (χ4n) is 2.76. The molecule has 2 N–H and O–H groups in total. The zero-order chi connectivity index (χ0) is 14.4. The van der Waals surface area contributed by atoms with Crippen LogP contribution in [0.5, 0.6) is 0 Å². The molecule has 1 fully saturated rings. The number of nitrogens with two attached hydrogens (primary N) is 1. The van der Waals surface area contributed by atoms with Crippen LogP contribution in [-0.4, -0.2) is 32.8 Å². The lowest BCUT2D eigenvalue weighted by Crippen LogP contribution is -2.29. The molecule has 3 nitrogen and oxygen atoms in total. The molecule has 1 heterocycles. The topological polar surface area (TPSA) is 38.5 Å². The first-order valence-electron chi connectivity index (χ1n) is 7.82. The summed E-state index contributed by atoms with van der Waals surface area (Å²) in [5, 5.41) is 0. The maximum Gasteiger partial charge on any atom is 0.0469 e. The molecule has 3 heteroatoms. The van der Waals surface area contributed by atoms with E-state index in [2.05, 4.69) is 43.1 Å². The molecular weight excluding hydrogens is 248 g/mol. The van der Waals surface area contributed by atoms with Crippen LogP contribution in [0.1, 0.15) is 31.7 Å². The maximum absolute atomic E-state index is 6.00. The van der Waals surface area contributed by atoms with Crippen LogP contribution in [0.2, 0.25) is 0 Å². The summed E-state index contributed by atoms with van der Waals surface area (Å²) in [5.41, 5.74) is 8.64. The highest BCUT2D eigenvalue weighted by Crippen LogP contribution is 2.20. The Morgan fingerprint density at radius 1 is 1.25 bits per heavy atom. The minimum atomic E-state index is 0.279. The molecule has 0 saturated carbocycles. The second-order valence-electron chi connectivity index (χ2n) is 5.98. The molecule has 0 spiro atoms. The standard InChI is InChI=1S/C17H28N2O/c1-3-16(18)12-14-4-6-17(7-5-14)19(2)13-15-8-10-20-11-9-15/h4-7,15-16H,3,8-13,18H2,1-2H3. The summed E-state index contributed by atoms with van der Waals surface area (Å²) in [7, 11) is 2.18. The zero-order valence-corrected chi connectivity index (χ0v) is 12.8. The average molecular weight is 276 g/mol. The number of benzene rings is 1. The predicted molar refractivity (Wildman–Crippen MR) is 85.2 cm³/mol. The molecule has 2 rings (SSSR count). The number of ether oxygens (including phenoxy) is 1. The van der Waals surface area contributed by atoms with Crippen molar-refractivity contribution >= 4 is 5.69 Å². The third kappa shape index (κ3) is 4.50. The fourth-order valence-corrected chi connectivity index (χ4v) is 2.76. The third-order valence-electron chi connectivity index (χ3n) is 4.27. The van der Waals surface area contributed by atoms with Crippen molar-refractivity contribution in [3.05, 3.63) is 29.8 Å². The van der Waals surface area contributed by atoms with Crippen LogP contribution >= 0.6 is 0 Å². The first-order valence-corrected chi connectivity index (χ1v) is 7.82. The summed E-state index contributed by atoms with van der Waals surface area (Å²) in [4.78, 5) is 2.36. The van der Waals surface area contributed by atoms with Crippen LogP contribution in [0.15, 0.2) is 24.3 Å². The van der Waals surface area contributed by atoms with Gasteiger partial charge in [0.2, 0.25) is 0 Å². The highest BCUT2D eigenvalue weighted by atomic mass is 16.5. The van der Waals surface area contributed by atoms with Crippen LogP contribution in [0.3, 0.4) is 0 Å². The number of nitrogens with zero attached hydrogens (tertiary/aromatic N) is 1. The molecule has 1 aromatic carbocycles. The smallest absolute Gasteiger partial charge is 0.0469 e. The molecule has 0 amide bonds. The van der Waals surface area contributed by atoms with Gasteiger partial charge in [-0.25, -0.2) is 0 Å². The molecule has 1 aliphatic rings. The van der Waals surface area contributed by atoms with Gasteiger partial charge < -0.3 is 15.4 Å². The van der Waals surface area contributed by atoms with Crippen molar-refractivity contribution in [3.63, 3.8) is 0 Å². The van der Waals surface area contributed by atoms with Crippen molar-refractivity contribution in [2.45, 2.75) is 38.6 Å². The van der Waals surface area contributed by atoms with E-state index in [0.29, 0.717) is 0 Å². The van der Waals surface area contributed by atoms with Gasteiger partial charge in [0.25, 0.3) is 0 Å². The Morgan fingerprint density at radius 2 is 1.90 bits per heavy atom. The molecular formula is C17H28N2O. The minimum Gasteiger partial charge on any atom is -0.381 e. The van der Waals surface area contributed by atoms with Gasteiger partial charge in [-0.1, -0.05) is 19.1 Å². The van der Waals surface area contributed by atoms with Gasteiger partial charge >= 0.3 is 0 Å². The van der Waals surface area contributed by atoms with Gasteiger partial charge in [0.15, 0.2) is 0 Å². The summed E-state index contributed by atoms with van der Waals surface area (Å²) < 4.78 is 5.42. The van der Waals surface area contributed by atoms with E-state index in [1.54, 1.807) is 0 Å². The predicted octanol–water partition coefficient (Wildman–Crippen LogP) is 2.83. The van der Waals surface area contributed by atoms with Crippen molar-refractivity contribution in [1.82, 2.24) is 0 Å². The molecule has 0 aliphatic carbocycles. The summed E-state index contributed by atoms with van der Waals surface area (Å²) in [6.45, 7) is 5.11. The number of anilines is 1. The lowest BCUT2D eigenvalue weighted by molar-refractivity contribution is 0.0685. The quantitative estimate of drug-likeness (QED) is 0.868.